The van der Waals surface area contributed by atoms with Crippen LogP contribution in [0.15, 0.2) is 71.6 Å². The van der Waals surface area contributed by atoms with Gasteiger partial charge in [0.05, 0.1) is 10.6 Å². The third-order valence-corrected chi connectivity index (χ3v) is 8.65. The first-order chi connectivity index (χ1) is 18.8. The smallest absolute Gasteiger partial charge is 0.264 e. The van der Waals surface area contributed by atoms with Crippen molar-refractivity contribution < 1.29 is 18.0 Å². The fraction of sp³-hybridized carbons (Fsp3) is 0.333. The van der Waals surface area contributed by atoms with Crippen molar-refractivity contribution in [1.29, 1.82) is 0 Å². The molecule has 7 nitrogen and oxygen atoms in total. The third kappa shape index (κ3) is 7.77. The van der Waals surface area contributed by atoms with E-state index in [0.29, 0.717) is 27.7 Å². The first-order valence-electron chi connectivity index (χ1n) is 13.0. The maximum absolute atomic E-state index is 14.1. The zero-order valence-corrected chi connectivity index (χ0v) is 25.6. The molecule has 0 radical (unpaired) electrons. The van der Waals surface area contributed by atoms with E-state index in [9.17, 15) is 18.0 Å². The van der Waals surface area contributed by atoms with Gasteiger partial charge < -0.3 is 10.2 Å². The number of rotatable bonds is 11. The molecule has 0 saturated heterocycles. The topological polar surface area (TPSA) is 86.8 Å². The largest absolute Gasteiger partial charge is 0.352 e. The van der Waals surface area contributed by atoms with Crippen molar-refractivity contribution in [3.8, 4) is 0 Å². The molecule has 0 aliphatic rings. The SMILES string of the molecule is CC[C@@H](C(=O)NC(C)C)N(Cc1ccc(Cl)cc1Cl)C(=O)CN(c1cc(C)cc(C)c1)S(=O)(=O)c1ccccc1. The highest BCUT2D eigenvalue weighted by Crippen LogP contribution is 2.28. The molecule has 0 saturated carbocycles. The normalized spacial score (nSPS) is 12.2. The average molecular weight is 605 g/mol. The van der Waals surface area contributed by atoms with E-state index in [4.69, 9.17) is 23.2 Å². The number of carbonyl (C=O) groups excluding carboxylic acids is 2. The molecule has 0 aliphatic heterocycles. The fourth-order valence-corrected chi connectivity index (χ4v) is 6.36. The van der Waals surface area contributed by atoms with E-state index in [0.717, 1.165) is 15.4 Å². The predicted octanol–water partition coefficient (Wildman–Crippen LogP) is 6.14. The van der Waals surface area contributed by atoms with Crippen LogP contribution in [0.3, 0.4) is 0 Å². The summed E-state index contributed by atoms with van der Waals surface area (Å²) >= 11 is 12.5. The molecule has 0 aliphatic carbocycles. The van der Waals surface area contributed by atoms with E-state index in [1.54, 1.807) is 55.5 Å². The monoisotopic (exact) mass is 603 g/mol. The lowest BCUT2D eigenvalue weighted by molar-refractivity contribution is -0.140. The van der Waals surface area contributed by atoms with Crippen molar-refractivity contribution in [2.75, 3.05) is 10.8 Å². The second kappa shape index (κ2) is 13.5. The molecule has 0 spiro atoms. The van der Waals surface area contributed by atoms with Crippen molar-refractivity contribution in [2.24, 2.45) is 0 Å². The molecule has 3 rings (SSSR count). The van der Waals surface area contributed by atoms with Crippen LogP contribution >= 0.6 is 23.2 Å². The Balaban J connectivity index is 2.11. The molecule has 0 bridgehead atoms. The summed E-state index contributed by atoms with van der Waals surface area (Å²) in [7, 11) is -4.13. The zero-order valence-electron chi connectivity index (χ0n) is 23.3. The molecule has 214 valence electrons. The van der Waals surface area contributed by atoms with Crippen molar-refractivity contribution >= 4 is 50.7 Å². The molecule has 0 fully saturated rings. The number of anilines is 1. The minimum absolute atomic E-state index is 0.00900. The van der Waals surface area contributed by atoms with Gasteiger partial charge in [-0.15, -0.1) is 0 Å². The van der Waals surface area contributed by atoms with Crippen LogP contribution in [0.1, 0.15) is 43.9 Å². The Morgan fingerprint density at radius 1 is 0.925 bits per heavy atom. The van der Waals surface area contributed by atoms with Gasteiger partial charge in [-0.05, 0) is 87.2 Å². The molecule has 0 heterocycles. The molecule has 3 aromatic carbocycles. The Morgan fingerprint density at radius 2 is 1.55 bits per heavy atom. The number of hydrogen-bond donors (Lipinski definition) is 1. The number of amides is 2. The van der Waals surface area contributed by atoms with Gasteiger partial charge in [-0.2, -0.15) is 0 Å². The maximum Gasteiger partial charge on any atom is 0.264 e. The molecule has 10 heteroatoms. The van der Waals surface area contributed by atoms with Crippen LogP contribution in [-0.2, 0) is 26.2 Å². The Labute approximate surface area is 247 Å². The second-order valence-electron chi connectivity index (χ2n) is 10.0. The highest BCUT2D eigenvalue weighted by atomic mass is 35.5. The molecule has 3 aromatic rings. The van der Waals surface area contributed by atoms with Crippen LogP contribution < -0.4 is 9.62 Å². The maximum atomic E-state index is 14.1. The van der Waals surface area contributed by atoms with E-state index >= 15 is 0 Å². The quantitative estimate of drug-likeness (QED) is 0.285. The number of hydrogen-bond acceptors (Lipinski definition) is 4. The lowest BCUT2D eigenvalue weighted by Gasteiger charge is -2.34. The first-order valence-corrected chi connectivity index (χ1v) is 15.2. The zero-order chi connectivity index (χ0) is 29.6. The van der Waals surface area contributed by atoms with Gasteiger partial charge in [0.15, 0.2) is 0 Å². The summed E-state index contributed by atoms with van der Waals surface area (Å²) in [6.07, 6.45) is 0.310. The van der Waals surface area contributed by atoms with Crippen molar-refractivity contribution in [1.82, 2.24) is 10.2 Å². The number of carbonyl (C=O) groups is 2. The van der Waals surface area contributed by atoms with Crippen LogP contribution in [0.25, 0.3) is 0 Å². The molecule has 40 heavy (non-hydrogen) atoms. The highest BCUT2D eigenvalue weighted by Gasteiger charge is 2.34. The van der Waals surface area contributed by atoms with Gasteiger partial charge in [0, 0.05) is 22.6 Å². The Hall–Kier alpha value is -3.07. The number of nitrogens with one attached hydrogen (secondary N) is 1. The predicted molar refractivity (Wildman–Crippen MR) is 161 cm³/mol. The van der Waals surface area contributed by atoms with Crippen molar-refractivity contribution in [3.05, 3.63) is 93.5 Å². The highest BCUT2D eigenvalue weighted by molar-refractivity contribution is 7.92. The van der Waals surface area contributed by atoms with E-state index in [1.165, 1.54) is 17.0 Å². The lowest BCUT2D eigenvalue weighted by Crippen LogP contribution is -2.53. The Bertz CT molecular complexity index is 1440. The summed E-state index contributed by atoms with van der Waals surface area (Å²) < 4.78 is 28.9. The molecule has 1 N–H and O–H groups in total. The lowest BCUT2D eigenvalue weighted by atomic mass is 10.1. The van der Waals surface area contributed by atoms with Gasteiger partial charge in [0.2, 0.25) is 11.8 Å². The first kappa shape index (κ1) is 31.5. The second-order valence-corrected chi connectivity index (χ2v) is 12.7. The van der Waals surface area contributed by atoms with Crippen LogP contribution in [0.4, 0.5) is 5.69 Å². The average Bonchev–Trinajstić information content (AvgIpc) is 2.87. The number of sulfonamides is 1. The van der Waals surface area contributed by atoms with Crippen LogP contribution in [0.5, 0.6) is 0 Å². The van der Waals surface area contributed by atoms with Gasteiger partial charge in [-0.3, -0.25) is 13.9 Å². The van der Waals surface area contributed by atoms with Gasteiger partial charge >= 0.3 is 0 Å². The van der Waals surface area contributed by atoms with Gasteiger partial charge in [-0.1, -0.05) is 60.5 Å². The number of benzene rings is 3. The third-order valence-electron chi connectivity index (χ3n) is 6.28. The number of halogens is 2. The van der Waals surface area contributed by atoms with Gasteiger partial charge in [0.1, 0.15) is 12.6 Å². The molecule has 0 unspecified atom stereocenters. The number of aryl methyl sites for hydroxylation is 2. The van der Waals surface area contributed by atoms with Crippen molar-refractivity contribution in [2.45, 2.75) is 64.6 Å². The molecule has 1 atom stereocenters. The summed E-state index contributed by atoms with van der Waals surface area (Å²) in [4.78, 5) is 28.8. The Kier molecular flexibility index (Phi) is 10.6. The van der Waals surface area contributed by atoms with Crippen LogP contribution in [0.2, 0.25) is 10.0 Å². The summed E-state index contributed by atoms with van der Waals surface area (Å²) in [5.41, 5.74) is 2.64. The molecular weight excluding hydrogens is 569 g/mol. The minimum atomic E-state index is -4.13. The van der Waals surface area contributed by atoms with E-state index in [-0.39, 0.29) is 23.4 Å². The fourth-order valence-electron chi connectivity index (χ4n) is 4.48. The molecular formula is C30H35Cl2N3O4S. The van der Waals surface area contributed by atoms with E-state index < -0.39 is 28.5 Å². The van der Waals surface area contributed by atoms with Crippen LogP contribution in [0, 0.1) is 13.8 Å². The molecule has 2 amide bonds. The minimum Gasteiger partial charge on any atom is -0.352 e. The standard InChI is InChI=1S/C30H35Cl2N3O4S/c1-6-28(30(37)33-20(2)3)34(18-23-12-13-24(31)17-27(23)32)29(36)19-35(25-15-21(4)14-22(5)16-25)40(38,39)26-10-8-7-9-11-26/h7-17,20,28H,6,18-19H2,1-5H3,(H,33,37)/t28-/m0/s1. The van der Waals surface area contributed by atoms with Crippen LogP contribution in [-0.4, -0.2) is 43.8 Å². The van der Waals surface area contributed by atoms with E-state index in [2.05, 4.69) is 5.32 Å². The summed E-state index contributed by atoms with van der Waals surface area (Å²) in [6.45, 7) is 8.67. The number of nitrogens with zero attached hydrogens (tertiary/aromatic N) is 2. The molecule has 0 aromatic heterocycles. The van der Waals surface area contributed by atoms with Gasteiger partial charge in [0.25, 0.3) is 10.0 Å². The summed E-state index contributed by atoms with van der Waals surface area (Å²) in [5, 5.41) is 3.65. The summed E-state index contributed by atoms with van der Waals surface area (Å²) in [6, 6.07) is 17.3. The Morgan fingerprint density at radius 3 is 2.10 bits per heavy atom. The van der Waals surface area contributed by atoms with Gasteiger partial charge in [-0.25, -0.2) is 8.42 Å². The van der Waals surface area contributed by atoms with Crippen molar-refractivity contribution in [3.63, 3.8) is 0 Å². The summed E-state index contributed by atoms with van der Waals surface area (Å²) in [5.74, 6) is -0.879. The van der Waals surface area contributed by atoms with E-state index in [1.807, 2.05) is 33.8 Å².